The van der Waals surface area contributed by atoms with Gasteiger partial charge in [0.1, 0.15) is 24.1 Å². The second kappa shape index (κ2) is 6.21. The molecule has 5 atom stereocenters. The van der Waals surface area contributed by atoms with Crippen LogP contribution in [0.25, 0.3) is 0 Å². The summed E-state index contributed by atoms with van der Waals surface area (Å²) in [6.45, 7) is 3.35. The van der Waals surface area contributed by atoms with Crippen LogP contribution in [0.1, 0.15) is 33.1 Å². The topological polar surface area (TPSA) is 84.9 Å². The third kappa shape index (κ3) is 3.16. The van der Waals surface area contributed by atoms with Crippen LogP contribution in [0.4, 0.5) is 4.79 Å². The van der Waals surface area contributed by atoms with Crippen molar-refractivity contribution in [2.24, 2.45) is 5.92 Å². The minimum absolute atomic E-state index is 0.165. The van der Waals surface area contributed by atoms with Gasteiger partial charge in [0.25, 0.3) is 0 Å². The number of alkyl halides is 3. The molecule has 2 saturated carbocycles. The average molecular weight is 458 g/mol. The van der Waals surface area contributed by atoms with Crippen molar-refractivity contribution in [2.45, 2.75) is 64.7 Å². The molecule has 0 spiro atoms. The maximum Gasteiger partial charge on any atom is 0.408 e. The zero-order valence-electron chi connectivity index (χ0n) is 14.7. The van der Waals surface area contributed by atoms with Crippen molar-refractivity contribution in [3.63, 3.8) is 0 Å². The van der Waals surface area contributed by atoms with Crippen molar-refractivity contribution in [3.8, 4) is 0 Å². The lowest BCUT2D eigenvalue weighted by Gasteiger charge is -2.46. The summed E-state index contributed by atoms with van der Waals surface area (Å²) in [4.78, 5) is 38.9. The smallest absolute Gasteiger partial charge is 0.408 e. The van der Waals surface area contributed by atoms with E-state index in [1.807, 2.05) is 13.8 Å². The van der Waals surface area contributed by atoms with Crippen LogP contribution >= 0.6 is 46.6 Å². The number of β-lactam (4-membered cyclic amide) rings is 1. The van der Waals surface area contributed by atoms with Crippen LogP contribution in [-0.4, -0.2) is 61.1 Å². The summed E-state index contributed by atoms with van der Waals surface area (Å²) in [5.74, 6) is -0.494. The summed E-state index contributed by atoms with van der Waals surface area (Å²) < 4.78 is 8.29. The normalized spacial score (nSPS) is 37.7. The van der Waals surface area contributed by atoms with Gasteiger partial charge in [-0.3, -0.25) is 4.79 Å². The van der Waals surface area contributed by atoms with Gasteiger partial charge in [0.05, 0.1) is 4.75 Å². The highest BCUT2D eigenvalue weighted by Gasteiger charge is 2.85. The number of hydrogen-bond donors (Lipinski definition) is 1. The number of carbonyl (C=O) groups excluding carboxylic acids is 3. The maximum absolute atomic E-state index is 12.7. The number of halogens is 3. The molecule has 2 saturated heterocycles. The number of nitrogens with one attached hydrogen (secondary N) is 1. The molecule has 11 heteroatoms. The Kier molecular flexibility index (Phi) is 4.54. The van der Waals surface area contributed by atoms with Crippen molar-refractivity contribution >= 4 is 64.5 Å². The fourth-order valence-electron chi connectivity index (χ4n) is 3.96. The molecule has 4 aliphatic rings. The van der Waals surface area contributed by atoms with Gasteiger partial charge in [-0.1, -0.05) is 34.8 Å². The van der Waals surface area contributed by atoms with E-state index < -0.39 is 38.8 Å². The van der Waals surface area contributed by atoms with Crippen molar-refractivity contribution < 1.29 is 23.9 Å². The number of fused-ring (bicyclic) bond motifs is 3. The molecule has 4 rings (SSSR count). The number of rotatable bonds is 5. The SMILES string of the molecule is C[C@H](OC(=O)NC1C(=O)N2[C@H]1SC1(C)CC21C(=O)OCC(Cl)(Cl)Cl)C1CC1. The van der Waals surface area contributed by atoms with Crippen molar-refractivity contribution in [2.75, 3.05) is 6.61 Å². The van der Waals surface area contributed by atoms with E-state index in [1.165, 1.54) is 16.7 Å². The highest BCUT2D eigenvalue weighted by atomic mass is 35.6. The van der Waals surface area contributed by atoms with Crippen LogP contribution in [0.2, 0.25) is 0 Å². The molecule has 2 heterocycles. The molecular formula is C16H19Cl3N2O5S. The second-order valence-corrected chi connectivity index (χ2v) is 11.9. The van der Waals surface area contributed by atoms with E-state index in [4.69, 9.17) is 44.3 Å². The first-order valence-corrected chi connectivity index (χ1v) is 10.7. The Morgan fingerprint density at radius 3 is 2.67 bits per heavy atom. The first kappa shape index (κ1) is 19.7. The minimum Gasteiger partial charge on any atom is -0.459 e. The van der Waals surface area contributed by atoms with Crippen molar-refractivity contribution in [3.05, 3.63) is 0 Å². The number of nitrogens with zero attached hydrogens (tertiary/aromatic N) is 1. The Morgan fingerprint density at radius 1 is 1.41 bits per heavy atom. The van der Waals surface area contributed by atoms with Gasteiger partial charge in [-0.15, -0.1) is 11.8 Å². The molecule has 27 heavy (non-hydrogen) atoms. The van der Waals surface area contributed by atoms with Gasteiger partial charge in [-0.05, 0) is 32.6 Å². The van der Waals surface area contributed by atoms with Crippen LogP contribution in [0, 0.1) is 5.92 Å². The molecule has 150 valence electrons. The predicted molar refractivity (Wildman–Crippen MR) is 101 cm³/mol. The third-order valence-electron chi connectivity index (χ3n) is 5.74. The lowest BCUT2D eigenvalue weighted by atomic mass is 10.0. The van der Waals surface area contributed by atoms with Gasteiger partial charge in [0.2, 0.25) is 9.70 Å². The fraction of sp³-hybridized carbons (Fsp3) is 0.812. The lowest BCUT2D eigenvalue weighted by Crippen LogP contribution is -2.72. The maximum atomic E-state index is 12.7. The summed E-state index contributed by atoms with van der Waals surface area (Å²) in [5.41, 5.74) is -1.06. The molecule has 2 amide bonds. The van der Waals surface area contributed by atoms with Crippen LogP contribution < -0.4 is 5.32 Å². The van der Waals surface area contributed by atoms with Gasteiger partial charge in [-0.2, -0.15) is 0 Å². The summed E-state index contributed by atoms with van der Waals surface area (Å²) in [6, 6.07) is -0.712. The fourth-order valence-corrected chi connectivity index (χ4v) is 6.03. The summed E-state index contributed by atoms with van der Waals surface area (Å²) in [7, 11) is 0. The van der Waals surface area contributed by atoms with Crippen LogP contribution in [0.5, 0.6) is 0 Å². The largest absolute Gasteiger partial charge is 0.459 e. The van der Waals surface area contributed by atoms with E-state index in [9.17, 15) is 14.4 Å². The first-order chi connectivity index (χ1) is 12.5. The number of esters is 1. The molecule has 2 aliphatic heterocycles. The molecular weight excluding hydrogens is 439 g/mol. The summed E-state index contributed by atoms with van der Waals surface area (Å²) >= 11 is 18.4. The number of alkyl carbamates (subject to hydrolysis) is 1. The van der Waals surface area contributed by atoms with Crippen molar-refractivity contribution in [1.29, 1.82) is 0 Å². The summed E-state index contributed by atoms with van der Waals surface area (Å²) in [6.07, 6.45) is 1.82. The van der Waals surface area contributed by atoms with Gasteiger partial charge in [0.15, 0.2) is 5.54 Å². The van der Waals surface area contributed by atoms with E-state index >= 15 is 0 Å². The van der Waals surface area contributed by atoms with Crippen LogP contribution in [0.15, 0.2) is 0 Å². The Hall–Kier alpha value is -0.570. The molecule has 0 aromatic rings. The molecule has 2 aliphatic carbocycles. The quantitative estimate of drug-likeness (QED) is 0.388. The number of thioether (sulfide) groups is 1. The number of ether oxygens (including phenoxy) is 2. The van der Waals surface area contributed by atoms with E-state index in [2.05, 4.69) is 5.32 Å². The number of amides is 2. The van der Waals surface area contributed by atoms with Crippen LogP contribution in [0.3, 0.4) is 0 Å². The Labute approximate surface area is 175 Å². The first-order valence-electron chi connectivity index (χ1n) is 8.71. The molecule has 3 unspecified atom stereocenters. The monoisotopic (exact) mass is 456 g/mol. The zero-order valence-corrected chi connectivity index (χ0v) is 17.8. The molecule has 0 bridgehead atoms. The van der Waals surface area contributed by atoms with Gasteiger partial charge < -0.3 is 19.7 Å². The van der Waals surface area contributed by atoms with E-state index in [1.54, 1.807) is 0 Å². The lowest BCUT2D eigenvalue weighted by molar-refractivity contribution is -0.165. The average Bonchev–Trinajstić information content (AvgIpc) is 3.46. The molecule has 0 aromatic carbocycles. The van der Waals surface area contributed by atoms with Gasteiger partial charge in [0, 0.05) is 6.42 Å². The summed E-state index contributed by atoms with van der Waals surface area (Å²) in [5, 5.41) is 2.30. The molecule has 4 fully saturated rings. The van der Waals surface area contributed by atoms with Crippen LogP contribution in [-0.2, 0) is 19.1 Å². The molecule has 7 nitrogen and oxygen atoms in total. The number of hydrogen-bond acceptors (Lipinski definition) is 6. The molecule has 0 aromatic heterocycles. The third-order valence-corrected chi connectivity index (χ3v) is 7.79. The standard InChI is InChI=1S/C16H19Cl3N2O5S/c1-7(8-3-4-8)26-13(24)20-9-10(22)21-11(9)27-14(2)5-15(14,21)12(23)25-6-16(17,18)19/h7-9,11H,3-6H2,1-2H3,(H,20,24)/t7-,9?,11-,14?,15?/m0/s1. The molecule has 0 radical (unpaired) electrons. The minimum atomic E-state index is -1.71. The second-order valence-electron chi connectivity index (χ2n) is 7.75. The highest BCUT2D eigenvalue weighted by molar-refractivity contribution is 8.02. The van der Waals surface area contributed by atoms with E-state index in [-0.39, 0.29) is 17.4 Å². The zero-order chi connectivity index (χ0) is 19.8. The van der Waals surface area contributed by atoms with Crippen molar-refractivity contribution in [1.82, 2.24) is 10.2 Å². The molecule has 1 N–H and O–H groups in total. The van der Waals surface area contributed by atoms with E-state index in [0.29, 0.717) is 12.3 Å². The number of carbonyl (C=O) groups is 3. The van der Waals surface area contributed by atoms with Gasteiger partial charge >= 0.3 is 12.1 Å². The Bertz CT molecular complexity index is 715. The Morgan fingerprint density at radius 2 is 2.07 bits per heavy atom. The predicted octanol–water partition coefficient (Wildman–Crippen LogP) is 2.61. The van der Waals surface area contributed by atoms with Gasteiger partial charge in [-0.25, -0.2) is 9.59 Å². The van der Waals surface area contributed by atoms with E-state index in [0.717, 1.165) is 12.8 Å². The highest BCUT2D eigenvalue weighted by Crippen LogP contribution is 2.72. The Balaban J connectivity index is 1.39.